The molecule has 0 fully saturated rings. The molecule has 5 aliphatic rings. The first-order valence-electron chi connectivity index (χ1n) is 26.5. The Kier molecular flexibility index (Phi) is 9.30. The molecule has 0 aliphatic heterocycles. The van der Waals surface area contributed by atoms with Gasteiger partial charge in [-0.2, -0.15) is 0 Å². The van der Waals surface area contributed by atoms with Crippen LogP contribution in [0.25, 0.3) is 64.7 Å². The maximum Gasteiger partial charge on any atom is 0.0722 e. The Morgan fingerprint density at radius 1 is 0.373 bits per heavy atom. The number of rotatable bonds is 7. The molecule has 10 aromatic carbocycles. The number of hydrogen-bond acceptors (Lipinski definition) is 2. The monoisotopic (exact) mass is 971 g/mol. The van der Waals surface area contributed by atoms with E-state index in [2.05, 4.69) is 266 Å². The summed E-state index contributed by atoms with van der Waals surface area (Å²) in [6.45, 7) is 0. The number of benzene rings is 10. The fraction of sp³-hybridized carbons (Fsp3) is 0.0685. The van der Waals surface area contributed by atoms with Gasteiger partial charge < -0.3 is 4.90 Å². The Balaban J connectivity index is 0.978. The quantitative estimate of drug-likeness (QED) is 0.154. The van der Waals surface area contributed by atoms with Crippen LogP contribution in [0.1, 0.15) is 63.8 Å². The predicted molar refractivity (Wildman–Crippen MR) is 315 cm³/mol. The van der Waals surface area contributed by atoms with Crippen LogP contribution in [0.15, 0.2) is 272 Å². The van der Waals surface area contributed by atoms with Crippen molar-refractivity contribution in [1.82, 2.24) is 0 Å². The van der Waals surface area contributed by atoms with E-state index >= 15 is 0 Å². The van der Waals surface area contributed by atoms with E-state index in [0.29, 0.717) is 0 Å². The third-order valence-electron chi connectivity index (χ3n) is 17.3. The first-order valence-corrected chi connectivity index (χ1v) is 27.3. The molecule has 75 heavy (non-hydrogen) atoms. The fourth-order valence-electron chi connectivity index (χ4n) is 14.3. The normalized spacial score (nSPS) is 15.8. The first-order chi connectivity index (χ1) is 37.2. The van der Waals surface area contributed by atoms with Gasteiger partial charge >= 0.3 is 0 Å². The Morgan fingerprint density at radius 3 is 1.53 bits per heavy atom. The molecule has 1 nitrogen and oxygen atoms in total. The number of fused-ring (bicyclic) bond motifs is 14. The average Bonchev–Trinajstić information content (AvgIpc) is 4.48. The maximum absolute atomic E-state index is 2.67. The minimum atomic E-state index is -0.580. The number of allylic oxidation sites excluding steroid dienone is 8. The molecule has 0 N–H and O–H groups in total. The lowest BCUT2D eigenvalue weighted by Crippen LogP contribution is -2.29. The van der Waals surface area contributed by atoms with Gasteiger partial charge in [-0.3, -0.25) is 0 Å². The van der Waals surface area contributed by atoms with E-state index in [0.717, 1.165) is 19.3 Å². The van der Waals surface area contributed by atoms with Gasteiger partial charge in [0.1, 0.15) is 0 Å². The van der Waals surface area contributed by atoms with Crippen LogP contribution < -0.4 is 4.90 Å². The summed E-state index contributed by atoms with van der Waals surface area (Å²) in [6.07, 6.45) is 12.6. The van der Waals surface area contributed by atoms with Crippen LogP contribution in [-0.4, -0.2) is 0 Å². The Labute approximate surface area is 442 Å². The summed E-state index contributed by atoms with van der Waals surface area (Å²) in [7, 11) is 0. The van der Waals surface area contributed by atoms with E-state index in [9.17, 15) is 0 Å². The van der Waals surface area contributed by atoms with Gasteiger partial charge in [-0.05, 0) is 139 Å². The fourth-order valence-corrected chi connectivity index (χ4v) is 15.5. The Bertz CT molecular complexity index is 4170. The van der Waals surface area contributed by atoms with Gasteiger partial charge in [0, 0.05) is 37.0 Å². The van der Waals surface area contributed by atoms with Crippen LogP contribution >= 0.6 is 11.3 Å². The smallest absolute Gasteiger partial charge is 0.0722 e. The van der Waals surface area contributed by atoms with Crippen molar-refractivity contribution in [3.05, 3.63) is 317 Å². The van der Waals surface area contributed by atoms with Gasteiger partial charge in [-0.1, -0.05) is 231 Å². The van der Waals surface area contributed by atoms with Crippen LogP contribution in [0.4, 0.5) is 17.1 Å². The topological polar surface area (TPSA) is 3.24 Å². The maximum atomic E-state index is 2.67. The minimum absolute atomic E-state index is 0.428. The SMILES string of the molecule is C1=CC2=C(CC1)c1c(N(c3ccc4c(c3)sc3ccccc34)c3cccc4c3C3=C(C=CC3)C4(c3ccc(-c4ccccc4)cc3)c3ccc(-c4ccccc4)cc3)cccc1C21c2ccccc2-c2ccccc21. The van der Waals surface area contributed by atoms with Crippen molar-refractivity contribution in [1.29, 1.82) is 0 Å². The molecule has 0 bridgehead atoms. The molecule has 0 saturated carbocycles. The van der Waals surface area contributed by atoms with Gasteiger partial charge in [0.25, 0.3) is 0 Å². The molecule has 0 atom stereocenters. The summed E-state index contributed by atoms with van der Waals surface area (Å²) in [5, 5.41) is 2.62. The lowest BCUT2D eigenvalue weighted by Gasteiger charge is -2.36. The molecular weight excluding hydrogens is 923 g/mol. The van der Waals surface area contributed by atoms with Crippen LogP contribution in [0, 0.1) is 0 Å². The minimum Gasteiger partial charge on any atom is -0.309 e. The van der Waals surface area contributed by atoms with Crippen molar-refractivity contribution in [3.63, 3.8) is 0 Å². The predicted octanol–water partition coefficient (Wildman–Crippen LogP) is 19.4. The van der Waals surface area contributed by atoms with E-state index in [-0.39, 0.29) is 0 Å². The van der Waals surface area contributed by atoms with Gasteiger partial charge in [-0.15, -0.1) is 11.3 Å². The molecular formula is C73H49NS. The van der Waals surface area contributed by atoms with E-state index in [1.54, 1.807) is 0 Å². The summed E-state index contributed by atoms with van der Waals surface area (Å²) >= 11 is 1.90. The number of anilines is 3. The molecule has 1 aromatic heterocycles. The van der Waals surface area contributed by atoms with Gasteiger partial charge in [0.05, 0.1) is 22.2 Å². The summed E-state index contributed by atoms with van der Waals surface area (Å²) in [5.74, 6) is 0. The highest BCUT2D eigenvalue weighted by Gasteiger charge is 2.54. The highest BCUT2D eigenvalue weighted by atomic mass is 32.1. The molecule has 1 heterocycles. The van der Waals surface area contributed by atoms with Gasteiger partial charge in [0.15, 0.2) is 0 Å². The Morgan fingerprint density at radius 2 is 0.880 bits per heavy atom. The second-order valence-electron chi connectivity index (χ2n) is 20.8. The standard InChI is InChI=1S/C73H49NS/c1-3-18-47(19-4-1)49-36-40-51(41-37-49)72(52-42-38-50(39-43-52)48-20-5-2-6-21-48)62-30-15-26-59(62)70-64(72)31-16-33-66(70)74(53-44-45-57-56-24-10-14-35-68(56)75-69(57)46-53)67-34-17-32-65-71(67)58-25-9-13-29-63(58)73(65)60-27-11-7-22-54(60)55-23-8-12-28-61(55)73/h1-8,10-24,27-46H,9,25-26H2. The number of thiophene rings is 1. The van der Waals surface area contributed by atoms with Crippen LogP contribution in [0.2, 0.25) is 0 Å². The molecule has 11 aromatic rings. The van der Waals surface area contributed by atoms with Crippen LogP contribution in [0.5, 0.6) is 0 Å². The van der Waals surface area contributed by atoms with Crippen molar-refractivity contribution < 1.29 is 0 Å². The second-order valence-corrected chi connectivity index (χ2v) is 21.9. The molecule has 5 aliphatic carbocycles. The molecule has 0 radical (unpaired) electrons. The van der Waals surface area contributed by atoms with Crippen molar-refractivity contribution in [3.8, 4) is 33.4 Å². The van der Waals surface area contributed by atoms with E-state index < -0.39 is 10.8 Å². The van der Waals surface area contributed by atoms with Crippen LogP contribution in [-0.2, 0) is 10.8 Å². The van der Waals surface area contributed by atoms with E-state index in [4.69, 9.17) is 0 Å². The Hall–Kier alpha value is -8.82. The first kappa shape index (κ1) is 42.7. The molecule has 2 heteroatoms. The second kappa shape index (κ2) is 16.3. The number of hydrogen-bond donors (Lipinski definition) is 0. The zero-order chi connectivity index (χ0) is 49.2. The lowest BCUT2D eigenvalue weighted by atomic mass is 9.66. The number of nitrogens with zero attached hydrogens (tertiary/aromatic N) is 1. The van der Waals surface area contributed by atoms with Crippen molar-refractivity contribution >= 4 is 59.7 Å². The van der Waals surface area contributed by atoms with E-state index in [1.807, 2.05) is 11.3 Å². The summed E-state index contributed by atoms with van der Waals surface area (Å²) in [4.78, 5) is 2.67. The van der Waals surface area contributed by atoms with Crippen molar-refractivity contribution in [2.45, 2.75) is 30.1 Å². The molecule has 16 rings (SSSR count). The van der Waals surface area contributed by atoms with Gasteiger partial charge in [-0.25, -0.2) is 0 Å². The lowest BCUT2D eigenvalue weighted by molar-refractivity contribution is 0.762. The van der Waals surface area contributed by atoms with Crippen molar-refractivity contribution in [2.24, 2.45) is 0 Å². The zero-order valence-electron chi connectivity index (χ0n) is 41.3. The molecule has 0 saturated heterocycles. The van der Waals surface area contributed by atoms with Gasteiger partial charge in [0.2, 0.25) is 0 Å². The third kappa shape index (κ3) is 5.89. The molecule has 1 spiro atoms. The largest absolute Gasteiger partial charge is 0.309 e. The van der Waals surface area contributed by atoms with E-state index in [1.165, 1.54) is 137 Å². The molecule has 0 amide bonds. The van der Waals surface area contributed by atoms with Crippen LogP contribution in [0.3, 0.4) is 0 Å². The highest BCUT2D eigenvalue weighted by molar-refractivity contribution is 7.25. The summed E-state index contributed by atoms with van der Waals surface area (Å²) < 4.78 is 2.61. The highest BCUT2D eigenvalue weighted by Crippen LogP contribution is 2.66. The third-order valence-corrected chi connectivity index (χ3v) is 18.4. The molecule has 352 valence electrons. The summed E-state index contributed by atoms with van der Waals surface area (Å²) in [5.41, 5.74) is 26.5. The van der Waals surface area contributed by atoms with Crippen molar-refractivity contribution in [2.75, 3.05) is 4.90 Å². The zero-order valence-corrected chi connectivity index (χ0v) is 42.1. The molecule has 0 unspecified atom stereocenters. The average molecular weight is 972 g/mol. The summed E-state index contributed by atoms with van der Waals surface area (Å²) in [6, 6.07) is 89.6.